The number of nitrogen functional groups attached to an aromatic ring is 1. The lowest BCUT2D eigenvalue weighted by Gasteiger charge is -2.23. The lowest BCUT2D eigenvalue weighted by atomic mass is 10.3. The van der Waals surface area contributed by atoms with E-state index in [-0.39, 0.29) is 12.5 Å². The maximum Gasteiger partial charge on any atom is 0.236 e. The number of nitrogens with zero attached hydrogens (tertiary/aromatic N) is 3. The third-order valence-electron chi connectivity index (χ3n) is 2.67. The predicted molar refractivity (Wildman–Crippen MR) is 68.7 cm³/mol. The van der Waals surface area contributed by atoms with Crippen molar-refractivity contribution in [2.75, 3.05) is 23.7 Å². The fourth-order valence-electron chi connectivity index (χ4n) is 1.83. The van der Waals surface area contributed by atoms with Crippen molar-refractivity contribution in [3.05, 3.63) is 5.69 Å². The highest BCUT2D eigenvalue weighted by Gasteiger charge is 2.18. The van der Waals surface area contributed by atoms with Crippen molar-refractivity contribution in [2.45, 2.75) is 26.7 Å². The summed E-state index contributed by atoms with van der Waals surface area (Å²) in [4.78, 5) is 13.0. The third-order valence-corrected chi connectivity index (χ3v) is 2.67. The van der Waals surface area contributed by atoms with Crippen molar-refractivity contribution < 1.29 is 4.79 Å². The van der Waals surface area contributed by atoms with E-state index >= 15 is 0 Å². The van der Waals surface area contributed by atoms with Crippen LogP contribution in [-0.4, -0.2) is 28.8 Å². The standard InChI is InChI=1S/C11H21N5O/c1-4-5-6-16(7-9(12)17)11-10(13)8(2)14-15(11)3/h4-7,13H2,1-3H3,(H2,12,17). The molecule has 1 amide bonds. The molecule has 4 N–H and O–H groups in total. The summed E-state index contributed by atoms with van der Waals surface area (Å²) in [5.41, 5.74) is 12.6. The van der Waals surface area contributed by atoms with Crippen LogP contribution < -0.4 is 16.4 Å². The van der Waals surface area contributed by atoms with Gasteiger partial charge >= 0.3 is 0 Å². The Bertz CT molecular complexity index is 399. The normalized spacial score (nSPS) is 10.5. The summed E-state index contributed by atoms with van der Waals surface area (Å²) in [5, 5.41) is 4.24. The first-order chi connectivity index (χ1) is 7.97. The van der Waals surface area contributed by atoms with Crippen LogP contribution in [0.1, 0.15) is 25.5 Å². The zero-order valence-electron chi connectivity index (χ0n) is 10.7. The molecule has 0 atom stereocenters. The van der Waals surface area contributed by atoms with Crippen molar-refractivity contribution in [3.8, 4) is 0 Å². The van der Waals surface area contributed by atoms with Gasteiger partial charge in [0.25, 0.3) is 0 Å². The van der Waals surface area contributed by atoms with E-state index < -0.39 is 0 Å². The molecule has 0 aliphatic rings. The second-order valence-corrected chi connectivity index (χ2v) is 4.19. The Morgan fingerprint density at radius 1 is 1.53 bits per heavy atom. The van der Waals surface area contributed by atoms with Gasteiger partial charge in [0.15, 0.2) is 5.82 Å². The summed E-state index contributed by atoms with van der Waals surface area (Å²) in [5.74, 6) is 0.411. The second kappa shape index (κ2) is 5.56. The Labute approximate surface area is 102 Å². The number of amides is 1. The topological polar surface area (TPSA) is 90.2 Å². The van der Waals surface area contributed by atoms with Crippen LogP contribution in [0, 0.1) is 6.92 Å². The molecular formula is C11H21N5O. The molecule has 17 heavy (non-hydrogen) atoms. The van der Waals surface area contributed by atoms with Crippen LogP contribution >= 0.6 is 0 Å². The average molecular weight is 239 g/mol. The van der Waals surface area contributed by atoms with E-state index in [4.69, 9.17) is 11.5 Å². The van der Waals surface area contributed by atoms with Gasteiger partial charge in [0.1, 0.15) is 0 Å². The van der Waals surface area contributed by atoms with Crippen LogP contribution in [0.15, 0.2) is 0 Å². The molecule has 6 nitrogen and oxygen atoms in total. The van der Waals surface area contributed by atoms with Gasteiger partial charge in [-0.15, -0.1) is 0 Å². The van der Waals surface area contributed by atoms with E-state index in [1.165, 1.54) is 0 Å². The number of anilines is 2. The van der Waals surface area contributed by atoms with Crippen LogP contribution in [0.4, 0.5) is 11.5 Å². The Kier molecular flexibility index (Phi) is 4.37. The van der Waals surface area contributed by atoms with E-state index in [9.17, 15) is 4.79 Å². The predicted octanol–water partition coefficient (Wildman–Crippen LogP) is 0.403. The van der Waals surface area contributed by atoms with E-state index in [1.54, 1.807) is 4.68 Å². The zero-order valence-corrected chi connectivity index (χ0v) is 10.7. The van der Waals surface area contributed by atoms with E-state index in [1.807, 2.05) is 18.9 Å². The summed E-state index contributed by atoms with van der Waals surface area (Å²) >= 11 is 0. The fraction of sp³-hybridized carbons (Fsp3) is 0.636. The summed E-state index contributed by atoms with van der Waals surface area (Å²) in [7, 11) is 1.82. The number of nitrogens with two attached hydrogens (primary N) is 2. The largest absolute Gasteiger partial charge is 0.394 e. The smallest absolute Gasteiger partial charge is 0.236 e. The highest BCUT2D eigenvalue weighted by molar-refractivity contribution is 5.81. The van der Waals surface area contributed by atoms with E-state index in [0.717, 1.165) is 30.9 Å². The molecule has 1 rings (SSSR count). The molecule has 0 radical (unpaired) electrons. The van der Waals surface area contributed by atoms with Crippen molar-refractivity contribution in [3.63, 3.8) is 0 Å². The molecule has 1 aromatic heterocycles. The summed E-state index contributed by atoms with van der Waals surface area (Å²) in [6.07, 6.45) is 2.03. The first-order valence-corrected chi connectivity index (χ1v) is 5.79. The lowest BCUT2D eigenvalue weighted by Crippen LogP contribution is -2.36. The van der Waals surface area contributed by atoms with Gasteiger partial charge in [-0.2, -0.15) is 5.10 Å². The molecule has 0 spiro atoms. The first-order valence-electron chi connectivity index (χ1n) is 5.79. The van der Waals surface area contributed by atoms with Crippen molar-refractivity contribution in [1.29, 1.82) is 0 Å². The minimum Gasteiger partial charge on any atom is -0.394 e. The van der Waals surface area contributed by atoms with Crippen LogP contribution in [0.25, 0.3) is 0 Å². The lowest BCUT2D eigenvalue weighted by molar-refractivity contribution is -0.116. The number of rotatable bonds is 6. The number of carbonyl (C=O) groups is 1. The quantitative estimate of drug-likeness (QED) is 0.752. The molecule has 6 heteroatoms. The molecule has 96 valence electrons. The van der Waals surface area contributed by atoms with Crippen molar-refractivity contribution in [2.24, 2.45) is 12.8 Å². The highest BCUT2D eigenvalue weighted by Crippen LogP contribution is 2.25. The van der Waals surface area contributed by atoms with Gasteiger partial charge in [-0.25, -0.2) is 0 Å². The van der Waals surface area contributed by atoms with Crippen LogP contribution in [0.5, 0.6) is 0 Å². The van der Waals surface area contributed by atoms with Gasteiger partial charge in [-0.1, -0.05) is 13.3 Å². The third kappa shape index (κ3) is 3.12. The molecule has 0 aliphatic heterocycles. The Morgan fingerprint density at radius 2 is 2.18 bits per heavy atom. The van der Waals surface area contributed by atoms with Crippen LogP contribution in [-0.2, 0) is 11.8 Å². The van der Waals surface area contributed by atoms with E-state index in [0.29, 0.717) is 5.69 Å². The number of hydrogen-bond donors (Lipinski definition) is 2. The Balaban J connectivity index is 2.98. The van der Waals surface area contributed by atoms with Crippen LogP contribution in [0.3, 0.4) is 0 Å². The summed E-state index contributed by atoms with van der Waals surface area (Å²) in [6.45, 7) is 4.87. The van der Waals surface area contributed by atoms with Gasteiger partial charge in [0.2, 0.25) is 5.91 Å². The fourth-order valence-corrected chi connectivity index (χ4v) is 1.83. The van der Waals surface area contributed by atoms with Crippen LogP contribution in [0.2, 0.25) is 0 Å². The molecule has 0 fully saturated rings. The number of unbranched alkanes of at least 4 members (excludes halogenated alkanes) is 1. The zero-order chi connectivity index (χ0) is 13.0. The molecule has 0 saturated carbocycles. The molecule has 0 aliphatic carbocycles. The summed E-state index contributed by atoms with van der Waals surface area (Å²) < 4.78 is 1.70. The monoisotopic (exact) mass is 239 g/mol. The molecular weight excluding hydrogens is 218 g/mol. The van der Waals surface area contributed by atoms with Gasteiger partial charge in [-0.05, 0) is 13.3 Å². The number of carbonyl (C=O) groups excluding carboxylic acids is 1. The minimum atomic E-state index is -0.362. The molecule has 0 saturated heterocycles. The Morgan fingerprint density at radius 3 is 2.59 bits per heavy atom. The second-order valence-electron chi connectivity index (χ2n) is 4.19. The van der Waals surface area contributed by atoms with Gasteiger partial charge in [0.05, 0.1) is 17.9 Å². The molecule has 0 unspecified atom stereocenters. The number of aromatic nitrogens is 2. The first kappa shape index (κ1) is 13.3. The molecule has 0 bridgehead atoms. The van der Waals surface area contributed by atoms with Gasteiger partial charge < -0.3 is 16.4 Å². The molecule has 1 heterocycles. The molecule has 0 aromatic carbocycles. The number of hydrogen-bond acceptors (Lipinski definition) is 4. The van der Waals surface area contributed by atoms with Crippen molar-refractivity contribution in [1.82, 2.24) is 9.78 Å². The highest BCUT2D eigenvalue weighted by atomic mass is 16.1. The average Bonchev–Trinajstić information content (AvgIpc) is 2.48. The molecule has 1 aromatic rings. The number of primary amides is 1. The SMILES string of the molecule is CCCCN(CC(N)=O)c1c(N)c(C)nn1C. The minimum absolute atomic E-state index is 0.170. The van der Waals surface area contributed by atoms with Gasteiger partial charge in [0, 0.05) is 13.6 Å². The maximum atomic E-state index is 11.1. The number of aryl methyl sites for hydroxylation is 2. The van der Waals surface area contributed by atoms with Crippen molar-refractivity contribution >= 4 is 17.4 Å². The van der Waals surface area contributed by atoms with Gasteiger partial charge in [-0.3, -0.25) is 9.48 Å². The van der Waals surface area contributed by atoms with E-state index in [2.05, 4.69) is 12.0 Å². The maximum absolute atomic E-state index is 11.1. The summed E-state index contributed by atoms with van der Waals surface area (Å²) in [6, 6.07) is 0. The Hall–Kier alpha value is -1.72.